The van der Waals surface area contributed by atoms with Crippen LogP contribution in [0.5, 0.6) is 0 Å². The molecule has 0 saturated carbocycles. The Morgan fingerprint density at radius 1 is 1.42 bits per heavy atom. The molecule has 1 aromatic rings. The second-order valence-corrected chi connectivity index (χ2v) is 6.88. The van der Waals surface area contributed by atoms with E-state index in [4.69, 9.17) is 4.74 Å². The first-order valence-corrected chi connectivity index (χ1v) is 7.86. The summed E-state index contributed by atoms with van der Waals surface area (Å²) in [6, 6.07) is 4.41. The third kappa shape index (κ3) is 4.81. The molecule has 0 bridgehead atoms. The Morgan fingerprint density at radius 3 is 2.67 bits per heavy atom. The smallest absolute Gasteiger partial charge is 0.410 e. The van der Waals surface area contributed by atoms with Crippen molar-refractivity contribution in [3.8, 4) is 0 Å². The molecule has 1 fully saturated rings. The quantitative estimate of drug-likeness (QED) is 0.921. The van der Waals surface area contributed by atoms with Crippen molar-refractivity contribution in [2.24, 2.45) is 0 Å². The van der Waals surface area contributed by atoms with Gasteiger partial charge in [0.05, 0.1) is 12.5 Å². The molecule has 1 aliphatic heterocycles. The standard InChI is InChI=1S/C18H23FN2O3/c1-5-12-6-7-15(19)13(8-12)9-16(22)20-14-10-21(11-14)17(23)24-18(2,3)4/h5-8,14H,1,9-11H2,2-4H3,(H,20,22). The van der Waals surface area contributed by atoms with Gasteiger partial charge >= 0.3 is 6.09 Å². The highest BCUT2D eigenvalue weighted by atomic mass is 19.1. The van der Waals surface area contributed by atoms with Crippen molar-refractivity contribution in [3.63, 3.8) is 0 Å². The zero-order valence-electron chi connectivity index (χ0n) is 14.3. The van der Waals surface area contributed by atoms with Gasteiger partial charge in [-0.3, -0.25) is 4.79 Å². The Kier molecular flexibility index (Phi) is 5.26. The zero-order chi connectivity index (χ0) is 17.9. The molecule has 0 aliphatic carbocycles. The molecule has 0 spiro atoms. The van der Waals surface area contributed by atoms with Crippen LogP contribution in [0.15, 0.2) is 24.8 Å². The van der Waals surface area contributed by atoms with Crippen molar-refractivity contribution in [3.05, 3.63) is 41.7 Å². The number of hydrogen-bond donors (Lipinski definition) is 1. The lowest BCUT2D eigenvalue weighted by molar-refractivity contribution is -0.122. The number of nitrogens with zero attached hydrogens (tertiary/aromatic N) is 1. The minimum Gasteiger partial charge on any atom is -0.444 e. The number of nitrogens with one attached hydrogen (secondary N) is 1. The van der Waals surface area contributed by atoms with Gasteiger partial charge in [-0.05, 0) is 44.0 Å². The maximum absolute atomic E-state index is 13.7. The van der Waals surface area contributed by atoms with E-state index in [1.165, 1.54) is 11.0 Å². The molecule has 0 aromatic heterocycles. The summed E-state index contributed by atoms with van der Waals surface area (Å²) in [4.78, 5) is 25.4. The fourth-order valence-electron chi connectivity index (χ4n) is 2.35. The fourth-order valence-corrected chi connectivity index (χ4v) is 2.35. The van der Waals surface area contributed by atoms with E-state index < -0.39 is 17.5 Å². The molecule has 2 amide bonds. The van der Waals surface area contributed by atoms with E-state index in [0.717, 1.165) is 5.56 Å². The van der Waals surface area contributed by atoms with Crippen LogP contribution in [0.3, 0.4) is 0 Å². The second kappa shape index (κ2) is 7.03. The number of carbonyl (C=O) groups excluding carboxylic acids is 2. The first kappa shape index (κ1) is 18.0. The molecular formula is C18H23FN2O3. The topological polar surface area (TPSA) is 58.6 Å². The highest BCUT2D eigenvalue weighted by molar-refractivity contribution is 5.79. The summed E-state index contributed by atoms with van der Waals surface area (Å²) >= 11 is 0. The van der Waals surface area contributed by atoms with E-state index in [1.54, 1.807) is 39.0 Å². The average molecular weight is 334 g/mol. The maximum Gasteiger partial charge on any atom is 0.410 e. The second-order valence-electron chi connectivity index (χ2n) is 6.88. The summed E-state index contributed by atoms with van der Waals surface area (Å²) in [5.74, 6) is -0.691. The molecule has 2 rings (SSSR count). The van der Waals surface area contributed by atoms with E-state index in [1.807, 2.05) is 0 Å². The molecule has 1 aliphatic rings. The number of halogens is 1. The van der Waals surface area contributed by atoms with Gasteiger partial charge in [-0.25, -0.2) is 9.18 Å². The van der Waals surface area contributed by atoms with E-state index in [0.29, 0.717) is 18.7 Å². The molecule has 6 heteroatoms. The molecule has 5 nitrogen and oxygen atoms in total. The van der Waals surface area contributed by atoms with Crippen LogP contribution < -0.4 is 5.32 Å². The summed E-state index contributed by atoms with van der Waals surface area (Å²) in [6.45, 7) is 9.83. The van der Waals surface area contributed by atoms with Gasteiger partial charge < -0.3 is 15.0 Å². The molecule has 1 N–H and O–H groups in total. The van der Waals surface area contributed by atoms with Gasteiger partial charge in [0.15, 0.2) is 0 Å². The summed E-state index contributed by atoms with van der Waals surface area (Å²) in [5.41, 5.74) is 0.547. The number of hydrogen-bond acceptors (Lipinski definition) is 3. The van der Waals surface area contributed by atoms with Crippen LogP contribution in [0, 0.1) is 5.82 Å². The van der Waals surface area contributed by atoms with Crippen LogP contribution in [-0.2, 0) is 16.0 Å². The third-order valence-electron chi connectivity index (χ3n) is 3.55. The van der Waals surface area contributed by atoms with Crippen molar-refractivity contribution in [1.82, 2.24) is 10.2 Å². The molecule has 0 radical (unpaired) electrons. The van der Waals surface area contributed by atoms with Gasteiger partial charge in [-0.2, -0.15) is 0 Å². The summed E-state index contributed by atoms with van der Waals surface area (Å²) in [5, 5.41) is 2.80. The predicted octanol–water partition coefficient (Wildman–Crippen LogP) is 2.75. The van der Waals surface area contributed by atoms with Crippen LogP contribution in [0.25, 0.3) is 6.08 Å². The van der Waals surface area contributed by atoms with Crippen LogP contribution in [-0.4, -0.2) is 41.6 Å². The molecular weight excluding hydrogens is 311 g/mol. The minimum atomic E-state index is -0.543. The van der Waals surface area contributed by atoms with Crippen molar-refractivity contribution in [2.75, 3.05) is 13.1 Å². The Balaban J connectivity index is 1.81. The number of rotatable bonds is 4. The fraction of sp³-hybridized carbons (Fsp3) is 0.444. The summed E-state index contributed by atoms with van der Waals surface area (Å²) < 4.78 is 19.0. The summed E-state index contributed by atoms with van der Waals surface area (Å²) in [7, 11) is 0. The van der Waals surface area contributed by atoms with Crippen molar-refractivity contribution < 1.29 is 18.7 Å². The maximum atomic E-state index is 13.7. The number of likely N-dealkylation sites (tertiary alicyclic amines) is 1. The van der Waals surface area contributed by atoms with Gasteiger partial charge in [-0.1, -0.05) is 18.7 Å². The van der Waals surface area contributed by atoms with Crippen molar-refractivity contribution in [2.45, 2.75) is 38.8 Å². The first-order valence-electron chi connectivity index (χ1n) is 7.86. The largest absolute Gasteiger partial charge is 0.444 e. The third-order valence-corrected chi connectivity index (χ3v) is 3.55. The van der Waals surface area contributed by atoms with Gasteiger partial charge in [0.1, 0.15) is 11.4 Å². The van der Waals surface area contributed by atoms with Gasteiger partial charge in [0, 0.05) is 13.1 Å². The lowest BCUT2D eigenvalue weighted by Crippen LogP contribution is -2.61. The van der Waals surface area contributed by atoms with E-state index in [9.17, 15) is 14.0 Å². The normalized spacial score (nSPS) is 14.8. The van der Waals surface area contributed by atoms with Crippen molar-refractivity contribution >= 4 is 18.1 Å². The molecule has 1 saturated heterocycles. The Bertz CT molecular complexity index is 646. The number of ether oxygens (including phenoxy) is 1. The summed E-state index contributed by atoms with van der Waals surface area (Å²) in [6.07, 6.45) is 1.17. The van der Waals surface area contributed by atoms with E-state index in [-0.39, 0.29) is 18.4 Å². The average Bonchev–Trinajstić information content (AvgIpc) is 2.42. The van der Waals surface area contributed by atoms with Crippen LogP contribution >= 0.6 is 0 Å². The number of benzene rings is 1. The number of amides is 2. The van der Waals surface area contributed by atoms with Gasteiger partial charge in [-0.15, -0.1) is 0 Å². The lowest BCUT2D eigenvalue weighted by Gasteiger charge is -2.40. The van der Waals surface area contributed by atoms with Gasteiger partial charge in [0.2, 0.25) is 5.91 Å². The van der Waals surface area contributed by atoms with Crippen LogP contribution in [0.1, 0.15) is 31.9 Å². The monoisotopic (exact) mass is 334 g/mol. The highest BCUT2D eigenvalue weighted by Crippen LogP contribution is 2.16. The van der Waals surface area contributed by atoms with Crippen LogP contribution in [0.2, 0.25) is 0 Å². The molecule has 0 atom stereocenters. The zero-order valence-corrected chi connectivity index (χ0v) is 14.3. The Labute approximate surface area is 141 Å². The van der Waals surface area contributed by atoms with Crippen molar-refractivity contribution in [1.29, 1.82) is 0 Å². The van der Waals surface area contributed by atoms with Gasteiger partial charge in [0.25, 0.3) is 0 Å². The molecule has 24 heavy (non-hydrogen) atoms. The lowest BCUT2D eigenvalue weighted by atomic mass is 10.1. The Hall–Kier alpha value is -2.37. The van der Waals surface area contributed by atoms with Crippen LogP contribution in [0.4, 0.5) is 9.18 Å². The highest BCUT2D eigenvalue weighted by Gasteiger charge is 2.34. The molecule has 1 heterocycles. The van der Waals surface area contributed by atoms with E-state index >= 15 is 0 Å². The number of carbonyl (C=O) groups is 2. The molecule has 0 unspecified atom stereocenters. The molecule has 130 valence electrons. The SMILES string of the molecule is C=Cc1ccc(F)c(CC(=O)NC2CN(C(=O)OC(C)(C)C)C2)c1. The Morgan fingerprint density at radius 2 is 2.08 bits per heavy atom. The first-order chi connectivity index (χ1) is 11.2. The minimum absolute atomic E-state index is 0.0452. The predicted molar refractivity (Wildman–Crippen MR) is 89.9 cm³/mol. The molecule has 1 aromatic carbocycles. The van der Waals surface area contributed by atoms with E-state index in [2.05, 4.69) is 11.9 Å².